The molecule has 1 aliphatic rings. The van der Waals surface area contributed by atoms with E-state index in [0.29, 0.717) is 18.9 Å². The molecule has 1 saturated carbocycles. The maximum Gasteiger partial charge on any atom is 0.226 e. The summed E-state index contributed by atoms with van der Waals surface area (Å²) in [5, 5.41) is 6.04. The molecule has 128 valence electrons. The Morgan fingerprint density at radius 1 is 1.25 bits per heavy atom. The third kappa shape index (κ3) is 4.87. The van der Waals surface area contributed by atoms with Crippen molar-refractivity contribution in [1.29, 1.82) is 0 Å². The third-order valence-electron chi connectivity index (χ3n) is 4.59. The van der Waals surface area contributed by atoms with Gasteiger partial charge in [0.2, 0.25) is 5.91 Å². The Balaban J connectivity index is 1.50. The van der Waals surface area contributed by atoms with Gasteiger partial charge >= 0.3 is 0 Å². The van der Waals surface area contributed by atoms with Gasteiger partial charge in [0.1, 0.15) is 5.82 Å². The summed E-state index contributed by atoms with van der Waals surface area (Å²) >= 11 is 1.55. The minimum Gasteiger partial charge on any atom is -0.353 e. The normalized spacial score (nSPS) is 20.8. The average Bonchev–Trinajstić information content (AvgIpc) is 2.99. The molecule has 0 atom stereocenters. The molecular weight excluding hydrogens is 323 g/mol. The molecule has 0 aliphatic heterocycles. The van der Waals surface area contributed by atoms with Crippen molar-refractivity contribution < 1.29 is 9.18 Å². The van der Waals surface area contributed by atoms with E-state index in [4.69, 9.17) is 0 Å². The highest BCUT2D eigenvalue weighted by molar-refractivity contribution is 7.09. The van der Waals surface area contributed by atoms with Gasteiger partial charge in [-0.05, 0) is 49.3 Å². The number of aromatic nitrogens is 1. The van der Waals surface area contributed by atoms with Crippen molar-refractivity contribution in [3.63, 3.8) is 0 Å². The number of halogens is 1. The van der Waals surface area contributed by atoms with Crippen molar-refractivity contribution in [2.24, 2.45) is 5.92 Å². The first-order valence-corrected chi connectivity index (χ1v) is 9.43. The van der Waals surface area contributed by atoms with Crippen LogP contribution in [0.2, 0.25) is 0 Å². The van der Waals surface area contributed by atoms with E-state index >= 15 is 0 Å². The lowest BCUT2D eigenvalue weighted by Crippen LogP contribution is -2.38. The van der Waals surface area contributed by atoms with Gasteiger partial charge in [-0.25, -0.2) is 9.37 Å². The highest BCUT2D eigenvalue weighted by Crippen LogP contribution is 2.23. The van der Waals surface area contributed by atoms with Gasteiger partial charge in [0, 0.05) is 17.8 Å². The second kappa shape index (κ2) is 7.88. The van der Waals surface area contributed by atoms with Gasteiger partial charge in [0.05, 0.1) is 17.1 Å². The van der Waals surface area contributed by atoms with Crippen LogP contribution in [0.3, 0.4) is 0 Å². The number of thiazole rings is 1. The maximum absolute atomic E-state index is 12.9. The molecule has 1 aromatic heterocycles. The molecule has 5 heteroatoms. The van der Waals surface area contributed by atoms with E-state index in [1.165, 1.54) is 25.0 Å². The van der Waals surface area contributed by atoms with Crippen molar-refractivity contribution >= 4 is 17.2 Å². The Kier molecular flexibility index (Phi) is 5.61. The molecule has 0 radical (unpaired) electrons. The molecule has 1 heterocycles. The number of amides is 1. The van der Waals surface area contributed by atoms with Gasteiger partial charge in [-0.1, -0.05) is 19.1 Å². The number of benzene rings is 1. The smallest absolute Gasteiger partial charge is 0.226 e. The first-order valence-electron chi connectivity index (χ1n) is 8.55. The zero-order valence-corrected chi connectivity index (χ0v) is 14.7. The number of rotatable bonds is 5. The standard InChI is InChI=1S/C19H23FN2OS/c1-13-2-8-16(9-3-13)21-18(23)11-17-12-24-19(22-17)10-14-4-6-15(20)7-5-14/h4-7,12-13,16H,2-3,8-11H2,1H3,(H,21,23). The highest BCUT2D eigenvalue weighted by Gasteiger charge is 2.20. The number of carbonyl (C=O) groups excluding carboxylic acids is 1. The Morgan fingerprint density at radius 2 is 1.96 bits per heavy atom. The molecule has 1 N–H and O–H groups in total. The van der Waals surface area contributed by atoms with Gasteiger partial charge in [0.25, 0.3) is 0 Å². The topological polar surface area (TPSA) is 42.0 Å². The zero-order chi connectivity index (χ0) is 16.9. The quantitative estimate of drug-likeness (QED) is 0.885. The van der Waals surface area contributed by atoms with Crippen LogP contribution in [-0.4, -0.2) is 16.9 Å². The summed E-state index contributed by atoms with van der Waals surface area (Å²) in [5.74, 6) is 0.617. The lowest BCUT2D eigenvalue weighted by molar-refractivity contribution is -0.121. The lowest BCUT2D eigenvalue weighted by atomic mass is 9.87. The number of carbonyl (C=O) groups is 1. The first kappa shape index (κ1) is 17.1. The second-order valence-corrected chi connectivity index (χ2v) is 7.68. The molecular formula is C19H23FN2OS. The van der Waals surface area contributed by atoms with Crippen molar-refractivity contribution in [1.82, 2.24) is 10.3 Å². The van der Waals surface area contributed by atoms with Crippen molar-refractivity contribution in [3.05, 3.63) is 51.7 Å². The second-order valence-electron chi connectivity index (χ2n) is 6.74. The minimum absolute atomic E-state index is 0.0631. The van der Waals surface area contributed by atoms with E-state index in [0.717, 1.165) is 35.0 Å². The largest absolute Gasteiger partial charge is 0.353 e. The van der Waals surface area contributed by atoms with Crippen LogP contribution in [0.5, 0.6) is 0 Å². The molecule has 1 aliphatic carbocycles. The molecule has 1 aromatic carbocycles. The van der Waals surface area contributed by atoms with Crippen LogP contribution in [0.15, 0.2) is 29.6 Å². The van der Waals surface area contributed by atoms with Gasteiger partial charge in [-0.2, -0.15) is 0 Å². The summed E-state index contributed by atoms with van der Waals surface area (Å²) in [6, 6.07) is 6.79. The predicted molar refractivity (Wildman–Crippen MR) is 94.6 cm³/mol. The van der Waals surface area contributed by atoms with E-state index in [-0.39, 0.29) is 11.7 Å². The summed E-state index contributed by atoms with van der Waals surface area (Å²) in [4.78, 5) is 16.7. The molecule has 0 unspecified atom stereocenters. The third-order valence-corrected chi connectivity index (χ3v) is 5.49. The van der Waals surface area contributed by atoms with Crippen LogP contribution in [0.25, 0.3) is 0 Å². The average molecular weight is 346 g/mol. The van der Waals surface area contributed by atoms with E-state index < -0.39 is 0 Å². The fraction of sp³-hybridized carbons (Fsp3) is 0.474. The van der Waals surface area contributed by atoms with Gasteiger partial charge < -0.3 is 5.32 Å². The Morgan fingerprint density at radius 3 is 2.67 bits per heavy atom. The van der Waals surface area contributed by atoms with Crippen LogP contribution in [0.1, 0.15) is 48.9 Å². The van der Waals surface area contributed by atoms with Crippen molar-refractivity contribution in [2.45, 2.75) is 51.5 Å². The summed E-state index contributed by atoms with van der Waals surface area (Å²) < 4.78 is 12.9. The molecule has 0 bridgehead atoms. The van der Waals surface area contributed by atoms with Crippen LogP contribution in [0.4, 0.5) is 4.39 Å². The number of nitrogens with one attached hydrogen (secondary N) is 1. The Bertz CT molecular complexity index is 675. The molecule has 1 fully saturated rings. The molecule has 3 nitrogen and oxygen atoms in total. The fourth-order valence-corrected chi connectivity index (χ4v) is 3.96. The van der Waals surface area contributed by atoms with Crippen molar-refractivity contribution in [2.75, 3.05) is 0 Å². The monoisotopic (exact) mass is 346 g/mol. The summed E-state index contributed by atoms with van der Waals surface area (Å²) in [7, 11) is 0. The summed E-state index contributed by atoms with van der Waals surface area (Å²) in [6.45, 7) is 2.27. The van der Waals surface area contributed by atoms with Gasteiger partial charge in [-0.15, -0.1) is 11.3 Å². The van der Waals surface area contributed by atoms with E-state index in [2.05, 4.69) is 17.2 Å². The summed E-state index contributed by atoms with van der Waals surface area (Å²) in [5.41, 5.74) is 1.84. The molecule has 24 heavy (non-hydrogen) atoms. The molecule has 3 rings (SSSR count). The Hall–Kier alpha value is -1.75. The van der Waals surface area contributed by atoms with Crippen LogP contribution >= 0.6 is 11.3 Å². The predicted octanol–water partition coefficient (Wildman–Crippen LogP) is 4.11. The van der Waals surface area contributed by atoms with Crippen molar-refractivity contribution in [3.8, 4) is 0 Å². The van der Waals surface area contributed by atoms with E-state index in [1.807, 2.05) is 5.38 Å². The van der Waals surface area contributed by atoms with E-state index in [9.17, 15) is 9.18 Å². The molecule has 0 spiro atoms. The molecule has 2 aromatic rings. The number of hydrogen-bond acceptors (Lipinski definition) is 3. The minimum atomic E-state index is -0.229. The highest BCUT2D eigenvalue weighted by atomic mass is 32.1. The Labute approximate surface area is 146 Å². The SMILES string of the molecule is CC1CCC(NC(=O)Cc2csc(Cc3ccc(F)cc3)n2)CC1. The number of hydrogen-bond donors (Lipinski definition) is 1. The van der Waals surface area contributed by atoms with E-state index in [1.54, 1.807) is 23.5 Å². The van der Waals surface area contributed by atoms with Crippen LogP contribution < -0.4 is 5.32 Å². The van der Waals surface area contributed by atoms with Crippen LogP contribution in [-0.2, 0) is 17.6 Å². The maximum atomic E-state index is 12.9. The summed E-state index contributed by atoms with van der Waals surface area (Å²) in [6.07, 6.45) is 5.57. The van der Waals surface area contributed by atoms with Gasteiger partial charge in [0.15, 0.2) is 0 Å². The lowest BCUT2D eigenvalue weighted by Gasteiger charge is -2.26. The van der Waals surface area contributed by atoms with Crippen LogP contribution in [0, 0.1) is 11.7 Å². The van der Waals surface area contributed by atoms with Gasteiger partial charge in [-0.3, -0.25) is 4.79 Å². The zero-order valence-electron chi connectivity index (χ0n) is 13.9. The fourth-order valence-electron chi connectivity index (χ4n) is 3.14. The molecule has 0 saturated heterocycles. The first-order chi connectivity index (χ1) is 11.6. The number of nitrogens with zero attached hydrogens (tertiary/aromatic N) is 1. The molecule has 1 amide bonds.